The minimum Gasteiger partial charge on any atom is -0.467 e. The topological polar surface area (TPSA) is 174 Å². The Morgan fingerprint density at radius 1 is 0.968 bits per heavy atom. The van der Waals surface area contributed by atoms with Crippen LogP contribution in [0, 0.1) is 0 Å². The second-order valence-corrected chi connectivity index (χ2v) is 12.5. The van der Waals surface area contributed by atoms with E-state index in [0.717, 1.165) is 18.9 Å². The molecule has 31 heavy (non-hydrogen) atoms. The second kappa shape index (κ2) is 8.90. The van der Waals surface area contributed by atoms with Crippen LogP contribution in [0.3, 0.4) is 0 Å². The van der Waals surface area contributed by atoms with Gasteiger partial charge < -0.3 is 9.73 Å². The number of nitrogens with two attached hydrogens (primary N) is 1. The Bertz CT molecular complexity index is 1240. The smallest absolute Gasteiger partial charge is 0.296 e. The quantitative estimate of drug-likeness (QED) is 0.387. The number of furan rings is 1. The normalized spacial score (nSPS) is 16.7. The largest absolute Gasteiger partial charge is 0.467 e. The summed E-state index contributed by atoms with van der Waals surface area (Å²) in [7, 11) is -13.7. The summed E-state index contributed by atoms with van der Waals surface area (Å²) in [4.78, 5) is -2.26. The first-order valence-electron chi connectivity index (χ1n) is 9.59. The van der Waals surface area contributed by atoms with Crippen LogP contribution >= 0.6 is 0 Å². The van der Waals surface area contributed by atoms with Crippen LogP contribution in [0.15, 0.2) is 49.6 Å². The van der Waals surface area contributed by atoms with Gasteiger partial charge in [-0.05, 0) is 37.1 Å². The maximum atomic E-state index is 13.4. The predicted molar refractivity (Wildman–Crippen MR) is 112 cm³/mol. The van der Waals surface area contributed by atoms with Crippen LogP contribution in [-0.4, -0.2) is 35.1 Å². The Kier molecular flexibility index (Phi) is 6.81. The van der Waals surface area contributed by atoms with Crippen molar-refractivity contribution in [3.63, 3.8) is 0 Å². The average Bonchev–Trinajstić information content (AvgIpc) is 3.03. The molecule has 1 aromatic heterocycles. The molecule has 0 atom stereocenters. The van der Waals surface area contributed by atoms with Gasteiger partial charge in [-0.15, -0.1) is 0 Å². The number of anilines is 1. The summed E-state index contributed by atoms with van der Waals surface area (Å²) in [5.41, 5.74) is -0.279. The van der Waals surface area contributed by atoms with Crippen molar-refractivity contribution in [1.29, 1.82) is 0 Å². The number of sulfone groups is 1. The third-order valence-corrected chi connectivity index (χ3v) is 9.48. The fraction of sp³-hybridized carbons (Fsp3) is 0.444. The number of nitrogens with one attached hydrogen (secondary N) is 1. The van der Waals surface area contributed by atoms with Crippen molar-refractivity contribution < 1.29 is 34.2 Å². The molecule has 13 heteroatoms. The average molecular weight is 493 g/mol. The minimum absolute atomic E-state index is 0.0346. The molecule has 0 saturated heterocycles. The van der Waals surface area contributed by atoms with Gasteiger partial charge in [-0.3, -0.25) is 4.55 Å². The van der Waals surface area contributed by atoms with Gasteiger partial charge >= 0.3 is 0 Å². The van der Waals surface area contributed by atoms with Gasteiger partial charge in [-0.1, -0.05) is 25.7 Å². The molecule has 0 spiro atoms. The van der Waals surface area contributed by atoms with Crippen LogP contribution in [0.2, 0.25) is 0 Å². The highest BCUT2D eigenvalue weighted by Gasteiger charge is 2.35. The number of primary sulfonamides is 1. The molecule has 0 aliphatic heterocycles. The first-order chi connectivity index (χ1) is 14.4. The monoisotopic (exact) mass is 492 g/mol. The van der Waals surface area contributed by atoms with E-state index in [2.05, 4.69) is 5.32 Å². The van der Waals surface area contributed by atoms with Gasteiger partial charge in [0.15, 0.2) is 9.84 Å². The summed E-state index contributed by atoms with van der Waals surface area (Å²) in [6, 6.07) is 4.69. The van der Waals surface area contributed by atoms with Crippen molar-refractivity contribution in [3.8, 4) is 0 Å². The van der Waals surface area contributed by atoms with Gasteiger partial charge in [0.2, 0.25) is 10.0 Å². The Balaban J connectivity index is 2.19. The van der Waals surface area contributed by atoms with Gasteiger partial charge in [-0.2, -0.15) is 8.42 Å². The van der Waals surface area contributed by atoms with Gasteiger partial charge in [-0.25, -0.2) is 22.0 Å². The summed E-state index contributed by atoms with van der Waals surface area (Å²) in [6.07, 6.45) is 5.25. The highest BCUT2D eigenvalue weighted by atomic mass is 32.2. The third kappa shape index (κ3) is 5.47. The van der Waals surface area contributed by atoms with Crippen LogP contribution in [0.5, 0.6) is 0 Å². The number of hydrogen-bond acceptors (Lipinski definition) is 8. The first-order valence-corrected chi connectivity index (χ1v) is 14.1. The Morgan fingerprint density at radius 3 is 2.13 bits per heavy atom. The molecule has 2 aromatic rings. The number of rotatable bonds is 7. The van der Waals surface area contributed by atoms with E-state index in [0.29, 0.717) is 37.5 Å². The number of sulfonamides is 1. The molecule has 0 unspecified atom stereocenters. The SMILES string of the molecule is NS(=O)(=O)c1cc(S(=O)(=O)O)c(NCc2ccco2)cc1S(=O)(=O)C1CCCCCC1. The zero-order valence-corrected chi connectivity index (χ0v) is 19.0. The molecule has 0 amide bonds. The minimum atomic E-state index is -4.91. The fourth-order valence-electron chi connectivity index (χ4n) is 3.66. The molecule has 0 radical (unpaired) electrons. The summed E-state index contributed by atoms with van der Waals surface area (Å²) in [5, 5.41) is 7.10. The lowest BCUT2D eigenvalue weighted by Gasteiger charge is -2.20. The predicted octanol–water partition coefficient (Wildman–Crippen LogP) is 2.28. The Labute approximate surface area is 181 Å². The van der Waals surface area contributed by atoms with E-state index in [1.807, 2.05) is 0 Å². The molecular weight excluding hydrogens is 468 g/mol. The molecule has 1 saturated carbocycles. The van der Waals surface area contributed by atoms with E-state index >= 15 is 0 Å². The molecule has 4 N–H and O–H groups in total. The van der Waals surface area contributed by atoms with Gasteiger partial charge in [0.1, 0.15) is 15.6 Å². The summed E-state index contributed by atoms with van der Waals surface area (Å²) >= 11 is 0. The number of benzene rings is 1. The van der Waals surface area contributed by atoms with Crippen LogP contribution in [-0.2, 0) is 36.5 Å². The molecule has 1 aromatic carbocycles. The van der Waals surface area contributed by atoms with E-state index in [4.69, 9.17) is 9.56 Å². The number of hydrogen-bond donors (Lipinski definition) is 3. The summed E-state index contributed by atoms with van der Waals surface area (Å²) in [6.45, 7) is -0.0346. The van der Waals surface area contributed by atoms with Gasteiger partial charge in [0, 0.05) is 0 Å². The fourth-order valence-corrected chi connectivity index (χ4v) is 7.67. The summed E-state index contributed by atoms with van der Waals surface area (Å²) < 4.78 is 89.7. The van der Waals surface area contributed by atoms with Crippen molar-refractivity contribution in [2.24, 2.45) is 5.14 Å². The molecule has 10 nitrogen and oxygen atoms in total. The Hall–Kier alpha value is -1.93. The molecule has 172 valence electrons. The maximum absolute atomic E-state index is 13.4. The molecular formula is C18H24N2O8S3. The van der Waals surface area contributed by atoms with Gasteiger partial charge in [0.05, 0.1) is 28.6 Å². The molecule has 1 fully saturated rings. The summed E-state index contributed by atoms with van der Waals surface area (Å²) in [5.74, 6) is 0.407. The van der Waals surface area contributed by atoms with Crippen LogP contribution in [0.4, 0.5) is 5.69 Å². The second-order valence-electron chi connectivity index (χ2n) is 7.41. The van der Waals surface area contributed by atoms with Crippen LogP contribution in [0.25, 0.3) is 0 Å². The van der Waals surface area contributed by atoms with Crippen LogP contribution < -0.4 is 10.5 Å². The molecule has 1 heterocycles. The van der Waals surface area contributed by atoms with Gasteiger partial charge in [0.25, 0.3) is 10.1 Å². The molecule has 1 aliphatic carbocycles. The van der Waals surface area contributed by atoms with Crippen molar-refractivity contribution in [2.75, 3.05) is 5.32 Å². The van der Waals surface area contributed by atoms with Crippen LogP contribution in [0.1, 0.15) is 44.3 Å². The maximum Gasteiger partial charge on any atom is 0.296 e. The van der Waals surface area contributed by atoms with E-state index in [1.165, 1.54) is 6.26 Å². The Morgan fingerprint density at radius 2 is 1.61 bits per heavy atom. The van der Waals surface area contributed by atoms with E-state index in [-0.39, 0.29) is 12.2 Å². The lowest BCUT2D eigenvalue weighted by atomic mass is 10.2. The lowest BCUT2D eigenvalue weighted by Crippen LogP contribution is -2.25. The van der Waals surface area contributed by atoms with Crippen molar-refractivity contribution >= 4 is 35.7 Å². The van der Waals surface area contributed by atoms with Crippen molar-refractivity contribution in [3.05, 3.63) is 36.3 Å². The molecule has 1 aliphatic rings. The lowest BCUT2D eigenvalue weighted by molar-refractivity contribution is 0.482. The molecule has 0 bridgehead atoms. The highest BCUT2D eigenvalue weighted by Crippen LogP contribution is 2.36. The van der Waals surface area contributed by atoms with E-state index < -0.39 is 49.9 Å². The van der Waals surface area contributed by atoms with E-state index in [9.17, 15) is 29.8 Å². The van der Waals surface area contributed by atoms with E-state index in [1.54, 1.807) is 12.1 Å². The first kappa shape index (κ1) is 23.7. The zero-order valence-electron chi connectivity index (χ0n) is 16.5. The zero-order chi connectivity index (χ0) is 22.9. The van der Waals surface area contributed by atoms with Crippen molar-refractivity contribution in [1.82, 2.24) is 0 Å². The highest BCUT2D eigenvalue weighted by molar-refractivity contribution is 7.94. The van der Waals surface area contributed by atoms with Crippen molar-refractivity contribution in [2.45, 2.75) is 65.0 Å². The molecule has 3 rings (SSSR count). The standard InChI is InChI=1S/C18H24N2O8S3/c19-30(23,24)18-11-16(31(25,26)27)15(20-12-13-6-5-9-28-13)10-17(18)29(21,22)14-7-3-1-2-4-8-14/h5-6,9-11,14,20H,1-4,7-8,12H2,(H2,19,23,24)(H,25,26,27). The third-order valence-electron chi connectivity index (χ3n) is 5.21.